The van der Waals surface area contributed by atoms with E-state index in [2.05, 4.69) is 15.2 Å². The number of benzene rings is 2. The van der Waals surface area contributed by atoms with E-state index in [1.807, 2.05) is 65.5 Å². The van der Waals surface area contributed by atoms with Crippen LogP contribution in [0.2, 0.25) is 0 Å². The second-order valence-corrected chi connectivity index (χ2v) is 5.91. The quantitative estimate of drug-likeness (QED) is 0.660. The first-order chi connectivity index (χ1) is 13.1. The molecule has 140 valence electrons. The lowest BCUT2D eigenvalue weighted by Gasteiger charge is -2.12. The molecule has 1 heterocycles. The van der Waals surface area contributed by atoms with Crippen molar-refractivity contribution in [3.05, 3.63) is 78.1 Å². The Morgan fingerprint density at radius 2 is 1.89 bits per heavy atom. The zero-order valence-electron chi connectivity index (χ0n) is 14.5. The highest BCUT2D eigenvalue weighted by atomic mass is 19.3. The highest BCUT2D eigenvalue weighted by Gasteiger charge is 2.09. The Morgan fingerprint density at radius 1 is 1.11 bits per heavy atom. The van der Waals surface area contributed by atoms with Crippen LogP contribution in [-0.4, -0.2) is 28.9 Å². The van der Waals surface area contributed by atoms with Gasteiger partial charge in [-0.25, -0.2) is 0 Å². The van der Waals surface area contributed by atoms with Crippen LogP contribution in [0.5, 0.6) is 0 Å². The lowest BCUT2D eigenvalue weighted by Crippen LogP contribution is -2.28. The molecule has 0 spiro atoms. The normalized spacial score (nSPS) is 10.9. The van der Waals surface area contributed by atoms with Crippen LogP contribution in [0.15, 0.2) is 67.0 Å². The van der Waals surface area contributed by atoms with E-state index in [-0.39, 0.29) is 6.54 Å². The Labute approximate surface area is 155 Å². The maximum Gasteiger partial charge on any atom is 0.345 e. The van der Waals surface area contributed by atoms with Gasteiger partial charge < -0.3 is 10.1 Å². The summed E-state index contributed by atoms with van der Waals surface area (Å²) in [5, 5.41) is 6.79. The number of amides is 1. The van der Waals surface area contributed by atoms with E-state index in [9.17, 15) is 13.6 Å². The minimum atomic E-state index is -2.96. The predicted octanol–water partition coefficient (Wildman–Crippen LogP) is 3.45. The minimum absolute atomic E-state index is 0.233. The standard InChI is InChI=1S/C20H19F2N3O2/c21-20(22)27-14-19(26)23-12-17-4-1-2-5-18(17)16-8-6-15(7-9-16)13-25-11-3-10-24-25/h1-11,20H,12-14H2,(H,23,26). The maximum atomic E-state index is 12.0. The number of halogens is 2. The molecule has 0 aliphatic heterocycles. The first-order valence-electron chi connectivity index (χ1n) is 8.43. The summed E-state index contributed by atoms with van der Waals surface area (Å²) in [6.07, 6.45) is 3.65. The smallest absolute Gasteiger partial charge is 0.345 e. The van der Waals surface area contributed by atoms with Crippen molar-refractivity contribution in [3.63, 3.8) is 0 Å². The van der Waals surface area contributed by atoms with Gasteiger partial charge in [0, 0.05) is 18.9 Å². The molecule has 0 unspecified atom stereocenters. The van der Waals surface area contributed by atoms with Gasteiger partial charge in [-0.3, -0.25) is 9.48 Å². The predicted molar refractivity (Wildman–Crippen MR) is 97.0 cm³/mol. The summed E-state index contributed by atoms with van der Waals surface area (Å²) in [5.74, 6) is -0.584. The zero-order valence-corrected chi connectivity index (χ0v) is 14.5. The molecule has 1 amide bonds. The molecule has 3 aromatic rings. The number of ether oxygens (including phenoxy) is 1. The highest BCUT2D eigenvalue weighted by molar-refractivity contribution is 5.77. The highest BCUT2D eigenvalue weighted by Crippen LogP contribution is 2.24. The molecular formula is C20H19F2N3O2. The van der Waals surface area contributed by atoms with E-state index in [0.717, 1.165) is 22.3 Å². The van der Waals surface area contributed by atoms with Crippen LogP contribution in [-0.2, 0) is 22.6 Å². The minimum Gasteiger partial charge on any atom is -0.350 e. The molecule has 0 saturated carbocycles. The van der Waals surface area contributed by atoms with Crippen LogP contribution < -0.4 is 5.32 Å². The molecule has 27 heavy (non-hydrogen) atoms. The molecule has 0 saturated heterocycles. The summed E-state index contributed by atoms with van der Waals surface area (Å²) < 4.78 is 29.8. The van der Waals surface area contributed by atoms with E-state index in [1.165, 1.54) is 0 Å². The summed E-state index contributed by atoms with van der Waals surface area (Å²) >= 11 is 0. The largest absolute Gasteiger partial charge is 0.350 e. The molecule has 5 nitrogen and oxygen atoms in total. The lowest BCUT2D eigenvalue weighted by atomic mass is 9.98. The number of alkyl halides is 2. The lowest BCUT2D eigenvalue weighted by molar-refractivity contribution is -0.151. The molecule has 3 rings (SSSR count). The Hall–Kier alpha value is -3.06. The first-order valence-corrected chi connectivity index (χ1v) is 8.43. The van der Waals surface area contributed by atoms with Crippen LogP contribution in [0.25, 0.3) is 11.1 Å². The number of rotatable bonds is 8. The van der Waals surface area contributed by atoms with Crippen molar-refractivity contribution in [1.29, 1.82) is 0 Å². The fourth-order valence-electron chi connectivity index (χ4n) is 2.71. The van der Waals surface area contributed by atoms with Crippen LogP contribution in [0.3, 0.4) is 0 Å². The van der Waals surface area contributed by atoms with Crippen molar-refractivity contribution < 1.29 is 18.3 Å². The molecule has 0 aliphatic carbocycles. The number of carbonyl (C=O) groups is 1. The molecule has 0 bridgehead atoms. The molecular weight excluding hydrogens is 352 g/mol. The third-order valence-corrected chi connectivity index (χ3v) is 4.00. The van der Waals surface area contributed by atoms with E-state index in [0.29, 0.717) is 6.54 Å². The molecule has 1 aromatic heterocycles. The summed E-state index contributed by atoms with van der Waals surface area (Å²) in [7, 11) is 0. The van der Waals surface area contributed by atoms with Gasteiger partial charge in [-0.05, 0) is 28.3 Å². The van der Waals surface area contributed by atoms with E-state index in [1.54, 1.807) is 6.20 Å². The van der Waals surface area contributed by atoms with E-state index < -0.39 is 19.1 Å². The van der Waals surface area contributed by atoms with Crippen LogP contribution in [0.1, 0.15) is 11.1 Å². The fourth-order valence-corrected chi connectivity index (χ4v) is 2.71. The van der Waals surface area contributed by atoms with Gasteiger partial charge in [-0.1, -0.05) is 48.5 Å². The number of hydrogen-bond acceptors (Lipinski definition) is 3. The Kier molecular flexibility index (Phi) is 6.27. The van der Waals surface area contributed by atoms with Gasteiger partial charge in [-0.2, -0.15) is 13.9 Å². The van der Waals surface area contributed by atoms with Gasteiger partial charge in [-0.15, -0.1) is 0 Å². The second kappa shape index (κ2) is 9.05. The summed E-state index contributed by atoms with van der Waals surface area (Å²) in [6, 6.07) is 17.6. The van der Waals surface area contributed by atoms with Crippen LogP contribution in [0, 0.1) is 0 Å². The molecule has 1 N–H and O–H groups in total. The van der Waals surface area contributed by atoms with E-state index >= 15 is 0 Å². The van der Waals surface area contributed by atoms with Crippen molar-refractivity contribution in [2.75, 3.05) is 6.61 Å². The average Bonchev–Trinajstić information content (AvgIpc) is 3.18. The maximum absolute atomic E-state index is 12.0. The summed E-state index contributed by atoms with van der Waals surface area (Å²) in [6.45, 7) is -2.70. The molecule has 2 aromatic carbocycles. The molecule has 7 heteroatoms. The third-order valence-electron chi connectivity index (χ3n) is 4.00. The van der Waals surface area contributed by atoms with Gasteiger partial charge in [0.25, 0.3) is 0 Å². The molecule has 0 atom stereocenters. The molecule has 0 radical (unpaired) electrons. The topological polar surface area (TPSA) is 56.1 Å². The SMILES string of the molecule is O=C(COC(F)F)NCc1ccccc1-c1ccc(Cn2cccn2)cc1. The van der Waals surface area contributed by atoms with Gasteiger partial charge in [0.2, 0.25) is 5.91 Å². The van der Waals surface area contributed by atoms with Crippen LogP contribution >= 0.6 is 0 Å². The number of nitrogens with one attached hydrogen (secondary N) is 1. The molecule has 0 fully saturated rings. The molecule has 0 aliphatic rings. The first kappa shape index (κ1) is 18.7. The van der Waals surface area contributed by atoms with Gasteiger partial charge in [0.1, 0.15) is 6.61 Å². The van der Waals surface area contributed by atoms with Crippen molar-refractivity contribution in [1.82, 2.24) is 15.1 Å². The van der Waals surface area contributed by atoms with Crippen molar-refractivity contribution in [2.45, 2.75) is 19.7 Å². The Morgan fingerprint density at radius 3 is 2.59 bits per heavy atom. The van der Waals surface area contributed by atoms with Gasteiger partial charge in [0.15, 0.2) is 0 Å². The average molecular weight is 371 g/mol. The zero-order chi connectivity index (χ0) is 19.1. The van der Waals surface area contributed by atoms with Crippen molar-refractivity contribution >= 4 is 5.91 Å². The number of hydrogen-bond donors (Lipinski definition) is 1. The van der Waals surface area contributed by atoms with Crippen molar-refractivity contribution in [2.24, 2.45) is 0 Å². The Bertz CT molecular complexity index is 865. The van der Waals surface area contributed by atoms with Gasteiger partial charge >= 0.3 is 6.61 Å². The summed E-state index contributed by atoms with van der Waals surface area (Å²) in [5.41, 5.74) is 3.99. The third kappa shape index (κ3) is 5.46. The monoisotopic (exact) mass is 371 g/mol. The number of aromatic nitrogens is 2. The van der Waals surface area contributed by atoms with Gasteiger partial charge in [0.05, 0.1) is 6.54 Å². The Balaban J connectivity index is 1.67. The second-order valence-electron chi connectivity index (χ2n) is 5.91. The van der Waals surface area contributed by atoms with Crippen LogP contribution in [0.4, 0.5) is 8.78 Å². The van der Waals surface area contributed by atoms with Crippen molar-refractivity contribution in [3.8, 4) is 11.1 Å². The number of nitrogens with zero attached hydrogens (tertiary/aromatic N) is 2. The number of carbonyl (C=O) groups excluding carboxylic acids is 1. The van der Waals surface area contributed by atoms with E-state index in [4.69, 9.17) is 0 Å². The summed E-state index contributed by atoms with van der Waals surface area (Å²) in [4.78, 5) is 11.6. The fraction of sp³-hybridized carbons (Fsp3) is 0.200.